The van der Waals surface area contributed by atoms with Crippen molar-refractivity contribution in [1.82, 2.24) is 9.97 Å². The van der Waals surface area contributed by atoms with Crippen LogP contribution in [0.25, 0.3) is 77.5 Å². The topological polar surface area (TPSA) is 52.1 Å². The summed E-state index contributed by atoms with van der Waals surface area (Å²) in [5.74, 6) is 0.441. The number of benzene rings is 5. The maximum atomic E-state index is 6.70. The smallest absolute Gasteiger partial charge is 0.147 e. The van der Waals surface area contributed by atoms with E-state index < -0.39 is 0 Å². The van der Waals surface area contributed by atoms with Crippen LogP contribution in [0.1, 0.15) is 42.7 Å². The van der Waals surface area contributed by atoms with Crippen LogP contribution in [0.3, 0.4) is 0 Å². The van der Waals surface area contributed by atoms with E-state index in [2.05, 4.69) is 77.8 Å². The second-order valence-electron chi connectivity index (χ2n) is 13.1. The van der Waals surface area contributed by atoms with Crippen LogP contribution in [0.5, 0.6) is 0 Å². The molecule has 0 saturated heterocycles. The Morgan fingerprint density at radius 1 is 0.627 bits per heavy atom. The van der Waals surface area contributed by atoms with Gasteiger partial charge in [0.1, 0.15) is 22.3 Å². The summed E-state index contributed by atoms with van der Waals surface area (Å²) >= 11 is 0. The fraction of sp³-hybridized carbons (Fsp3) is 0.130. The molecule has 0 amide bonds. The van der Waals surface area contributed by atoms with Crippen LogP contribution < -0.4 is 0 Å². The Kier molecular flexibility index (Phi) is 9.08. The Morgan fingerprint density at radius 3 is 1.90 bits per heavy atom. The molecular formula is C46H34IrN2O2-2. The first kappa shape index (κ1) is 32.8. The number of fused-ring (bicyclic) bond motifs is 7. The van der Waals surface area contributed by atoms with Crippen LogP contribution >= 0.6 is 0 Å². The molecule has 51 heavy (non-hydrogen) atoms. The van der Waals surface area contributed by atoms with E-state index in [9.17, 15) is 0 Å². The molecule has 0 atom stereocenters. The predicted octanol–water partition coefficient (Wildman–Crippen LogP) is 12.5. The summed E-state index contributed by atoms with van der Waals surface area (Å²) in [4.78, 5) is 9.03. The summed E-state index contributed by atoms with van der Waals surface area (Å²) in [5.41, 5.74) is 12.5. The van der Waals surface area contributed by atoms with E-state index in [1.807, 2.05) is 80.0 Å². The standard InChI is InChI=1S/C34H24NO2.C12H10N.Ir/c1-2-10-21(11-3-1)26-20-23(18-19-35-26)29-30(22-12-4-5-13-22)33-32(25-15-7-9-17-28(25)36-33)34-31(29)24-14-6-8-16-27(24)37-34;1-10-7-8-12(13-9-10)11-5-3-2-4-6-11;/h1-3,6-10,14-20,22H,4-5,12-13H2;2-5,7-9H,1H3;/q2*-1;. The SMILES string of the molecule is Cc1ccc(-c2[c-]cccc2)nc1.[Ir].[c-]1ccccc1-c1cc(-c2c(C3CCCC3)c3oc4ccccc4c3c3oc4ccccc4c23)ccn1. The molecule has 1 saturated carbocycles. The summed E-state index contributed by atoms with van der Waals surface area (Å²) in [6.07, 6.45) is 8.62. The zero-order valence-electron chi connectivity index (χ0n) is 28.2. The van der Waals surface area contributed by atoms with Crippen LogP contribution in [0.2, 0.25) is 0 Å². The fourth-order valence-electron chi connectivity index (χ4n) is 7.55. The Morgan fingerprint density at radius 2 is 1.25 bits per heavy atom. The molecule has 9 aromatic rings. The molecule has 5 aromatic carbocycles. The Balaban J connectivity index is 0.000000226. The summed E-state index contributed by atoms with van der Waals surface area (Å²) < 4.78 is 13.3. The second-order valence-corrected chi connectivity index (χ2v) is 13.1. The van der Waals surface area contributed by atoms with Gasteiger partial charge >= 0.3 is 0 Å². The van der Waals surface area contributed by atoms with Crippen molar-refractivity contribution in [3.63, 3.8) is 0 Å². The maximum Gasteiger partial charge on any atom is 0.147 e. The van der Waals surface area contributed by atoms with Gasteiger partial charge in [-0.1, -0.05) is 67.4 Å². The zero-order chi connectivity index (χ0) is 33.4. The first-order valence-electron chi connectivity index (χ1n) is 17.3. The molecule has 0 aliphatic heterocycles. The van der Waals surface area contributed by atoms with Crippen molar-refractivity contribution in [2.24, 2.45) is 0 Å². The molecule has 1 aliphatic rings. The van der Waals surface area contributed by atoms with Gasteiger partial charge < -0.3 is 18.8 Å². The molecule has 1 aliphatic carbocycles. The van der Waals surface area contributed by atoms with Gasteiger partial charge in [-0.15, -0.1) is 71.8 Å². The molecule has 0 unspecified atom stereocenters. The monoisotopic (exact) mass is 839 g/mol. The Bertz CT molecular complexity index is 2600. The zero-order valence-corrected chi connectivity index (χ0v) is 30.5. The number of furan rings is 2. The Hall–Kier alpha value is -5.35. The molecule has 10 rings (SSSR count). The summed E-state index contributed by atoms with van der Waals surface area (Å²) in [6, 6.07) is 47.5. The van der Waals surface area contributed by atoms with Crippen LogP contribution in [0.4, 0.5) is 0 Å². The molecule has 0 bridgehead atoms. The van der Waals surface area contributed by atoms with Gasteiger partial charge in [0, 0.05) is 54.2 Å². The molecule has 1 fully saturated rings. The third-order valence-electron chi connectivity index (χ3n) is 9.88. The van der Waals surface area contributed by atoms with Gasteiger partial charge in [-0.25, -0.2) is 0 Å². The van der Waals surface area contributed by atoms with Crippen molar-refractivity contribution in [3.8, 4) is 33.6 Å². The first-order valence-corrected chi connectivity index (χ1v) is 17.3. The predicted molar refractivity (Wildman–Crippen MR) is 203 cm³/mol. The van der Waals surface area contributed by atoms with Crippen molar-refractivity contribution in [1.29, 1.82) is 0 Å². The van der Waals surface area contributed by atoms with E-state index in [1.54, 1.807) is 0 Å². The molecule has 0 N–H and O–H groups in total. The molecule has 5 heteroatoms. The third-order valence-corrected chi connectivity index (χ3v) is 9.88. The van der Waals surface area contributed by atoms with Crippen molar-refractivity contribution in [2.75, 3.05) is 0 Å². The van der Waals surface area contributed by atoms with Crippen molar-refractivity contribution >= 4 is 43.9 Å². The van der Waals surface area contributed by atoms with E-state index in [0.29, 0.717) is 5.92 Å². The number of nitrogens with zero attached hydrogens (tertiary/aromatic N) is 2. The Labute approximate surface area is 310 Å². The molecule has 251 valence electrons. The van der Waals surface area contributed by atoms with Gasteiger partial charge in [-0.2, -0.15) is 0 Å². The molecular weight excluding hydrogens is 805 g/mol. The van der Waals surface area contributed by atoms with Gasteiger partial charge in [0.2, 0.25) is 0 Å². The largest absolute Gasteiger partial charge is 0.456 e. The van der Waals surface area contributed by atoms with Crippen LogP contribution in [-0.2, 0) is 20.1 Å². The van der Waals surface area contributed by atoms with E-state index >= 15 is 0 Å². The minimum Gasteiger partial charge on any atom is -0.456 e. The number of aromatic nitrogens is 2. The van der Waals surface area contributed by atoms with Gasteiger partial charge in [0.15, 0.2) is 0 Å². The van der Waals surface area contributed by atoms with Crippen LogP contribution in [0, 0.1) is 19.1 Å². The molecule has 4 aromatic heterocycles. The van der Waals surface area contributed by atoms with Crippen molar-refractivity contribution < 1.29 is 28.9 Å². The maximum absolute atomic E-state index is 6.70. The number of hydrogen-bond donors (Lipinski definition) is 0. The molecule has 1 radical (unpaired) electrons. The van der Waals surface area contributed by atoms with Gasteiger partial charge in [0.25, 0.3) is 0 Å². The van der Waals surface area contributed by atoms with E-state index in [-0.39, 0.29) is 20.1 Å². The van der Waals surface area contributed by atoms with Crippen LogP contribution in [0.15, 0.2) is 143 Å². The number of para-hydroxylation sites is 2. The summed E-state index contributed by atoms with van der Waals surface area (Å²) in [6.45, 7) is 2.03. The van der Waals surface area contributed by atoms with Gasteiger partial charge in [0.05, 0.1) is 5.39 Å². The normalized spacial score (nSPS) is 13.0. The van der Waals surface area contributed by atoms with E-state index in [4.69, 9.17) is 13.8 Å². The number of pyridine rings is 2. The molecule has 0 spiro atoms. The van der Waals surface area contributed by atoms with Gasteiger partial charge in [-0.3, -0.25) is 0 Å². The first-order chi connectivity index (χ1) is 24.7. The second kappa shape index (κ2) is 14.1. The van der Waals surface area contributed by atoms with E-state index in [1.165, 1.54) is 47.8 Å². The third kappa shape index (κ3) is 6.07. The molecule has 4 heterocycles. The van der Waals surface area contributed by atoms with Crippen molar-refractivity contribution in [2.45, 2.75) is 38.5 Å². The average molecular weight is 839 g/mol. The number of rotatable bonds is 4. The average Bonchev–Trinajstić information content (AvgIpc) is 3.94. The fourth-order valence-corrected chi connectivity index (χ4v) is 7.55. The minimum absolute atomic E-state index is 0. The van der Waals surface area contributed by atoms with E-state index in [0.717, 1.165) is 66.6 Å². The quantitative estimate of drug-likeness (QED) is 0.166. The minimum atomic E-state index is 0. The summed E-state index contributed by atoms with van der Waals surface area (Å²) in [7, 11) is 0. The molecule has 4 nitrogen and oxygen atoms in total. The van der Waals surface area contributed by atoms with Crippen molar-refractivity contribution in [3.05, 3.63) is 157 Å². The number of aryl methyl sites for hydroxylation is 1. The number of hydrogen-bond acceptors (Lipinski definition) is 4. The summed E-state index contributed by atoms with van der Waals surface area (Å²) in [5, 5.41) is 4.52. The van der Waals surface area contributed by atoms with Gasteiger partial charge in [-0.05, 0) is 72.0 Å². The van der Waals surface area contributed by atoms with Crippen LogP contribution in [-0.4, -0.2) is 9.97 Å².